The van der Waals surface area contributed by atoms with Gasteiger partial charge in [0.15, 0.2) is 0 Å². The molecule has 0 bridgehead atoms. The number of carboxylic acid groups (broad SMARTS) is 1. The van der Waals surface area contributed by atoms with Crippen LogP contribution in [0.5, 0.6) is 0 Å². The summed E-state index contributed by atoms with van der Waals surface area (Å²) in [6, 6.07) is 7.17. The first-order valence-corrected chi connectivity index (χ1v) is 6.77. The zero-order valence-electron chi connectivity index (χ0n) is 10.8. The van der Waals surface area contributed by atoms with Crippen molar-refractivity contribution in [2.24, 2.45) is 0 Å². The fourth-order valence-corrected chi connectivity index (χ4v) is 3.19. The highest BCUT2D eigenvalue weighted by atomic mass is 32.1. The molecule has 1 aromatic heterocycles. The summed E-state index contributed by atoms with van der Waals surface area (Å²) in [7, 11) is 0. The predicted octanol–water partition coefficient (Wildman–Crippen LogP) is 2.34. The first-order chi connectivity index (χ1) is 8.97. The van der Waals surface area contributed by atoms with Crippen LogP contribution in [0.3, 0.4) is 0 Å². The number of hydrogen-bond donors (Lipinski definition) is 2. The largest absolute Gasteiger partial charge is 0.480 e. The van der Waals surface area contributed by atoms with Crippen LogP contribution in [0.4, 0.5) is 0 Å². The third-order valence-electron chi connectivity index (χ3n) is 2.91. The number of nitrogens with one attached hydrogen (secondary N) is 1. The number of carbonyl (C=O) groups is 2. The standard InChI is InChI=1S/C14H15NO3S/c1-8-4-3-5-13-11(8)6-10(19-13)7-12(14(17)18)15-9(2)16/h3-6,12H,7H2,1-2H3,(H,15,16)(H,17,18)/t12-/m1/s1. The van der Waals surface area contributed by atoms with Crippen LogP contribution in [-0.2, 0) is 16.0 Å². The van der Waals surface area contributed by atoms with Gasteiger partial charge < -0.3 is 10.4 Å². The van der Waals surface area contributed by atoms with Gasteiger partial charge in [-0.1, -0.05) is 12.1 Å². The smallest absolute Gasteiger partial charge is 0.326 e. The van der Waals surface area contributed by atoms with Crippen molar-refractivity contribution in [1.82, 2.24) is 5.32 Å². The minimum atomic E-state index is -1.01. The first kappa shape index (κ1) is 13.5. The van der Waals surface area contributed by atoms with Crippen LogP contribution >= 0.6 is 11.3 Å². The normalized spacial score (nSPS) is 12.3. The summed E-state index contributed by atoms with van der Waals surface area (Å²) in [6.45, 7) is 3.35. The quantitative estimate of drug-likeness (QED) is 0.901. The lowest BCUT2D eigenvalue weighted by atomic mass is 10.1. The number of aryl methyl sites for hydroxylation is 1. The summed E-state index contributed by atoms with van der Waals surface area (Å²) in [6.07, 6.45) is 0.313. The van der Waals surface area contributed by atoms with Crippen LogP contribution in [0, 0.1) is 6.92 Å². The van der Waals surface area contributed by atoms with Crippen LogP contribution in [0.25, 0.3) is 10.1 Å². The van der Waals surface area contributed by atoms with Crippen molar-refractivity contribution in [3.05, 3.63) is 34.7 Å². The molecular formula is C14H15NO3S. The highest BCUT2D eigenvalue weighted by molar-refractivity contribution is 7.19. The van der Waals surface area contributed by atoms with E-state index in [0.29, 0.717) is 6.42 Å². The molecule has 1 atom stereocenters. The molecule has 2 aromatic rings. The van der Waals surface area contributed by atoms with Gasteiger partial charge in [-0.25, -0.2) is 4.79 Å². The predicted molar refractivity (Wildman–Crippen MR) is 75.5 cm³/mol. The maximum atomic E-state index is 11.1. The molecule has 2 N–H and O–H groups in total. The fraction of sp³-hybridized carbons (Fsp3) is 0.286. The van der Waals surface area contributed by atoms with Crippen molar-refractivity contribution in [3.63, 3.8) is 0 Å². The van der Waals surface area contributed by atoms with Crippen LogP contribution in [-0.4, -0.2) is 23.0 Å². The second kappa shape index (κ2) is 5.40. The molecule has 19 heavy (non-hydrogen) atoms. The number of amides is 1. The minimum Gasteiger partial charge on any atom is -0.480 e. The molecule has 0 fully saturated rings. The molecule has 5 heteroatoms. The van der Waals surface area contributed by atoms with Gasteiger partial charge >= 0.3 is 5.97 Å². The molecule has 1 aromatic carbocycles. The average molecular weight is 277 g/mol. The van der Waals surface area contributed by atoms with E-state index in [1.807, 2.05) is 31.2 Å². The van der Waals surface area contributed by atoms with Crippen molar-refractivity contribution in [2.75, 3.05) is 0 Å². The molecule has 100 valence electrons. The van der Waals surface area contributed by atoms with Crippen molar-refractivity contribution in [2.45, 2.75) is 26.3 Å². The Hall–Kier alpha value is -1.88. The van der Waals surface area contributed by atoms with E-state index in [9.17, 15) is 9.59 Å². The lowest BCUT2D eigenvalue weighted by Gasteiger charge is -2.11. The SMILES string of the molecule is CC(=O)N[C@H](Cc1cc2c(C)cccc2s1)C(=O)O. The van der Waals surface area contributed by atoms with Crippen LogP contribution in [0.15, 0.2) is 24.3 Å². The highest BCUT2D eigenvalue weighted by Gasteiger charge is 2.20. The van der Waals surface area contributed by atoms with E-state index in [2.05, 4.69) is 5.32 Å². The molecule has 0 aliphatic carbocycles. The molecule has 0 aliphatic heterocycles. The number of fused-ring (bicyclic) bond motifs is 1. The molecule has 1 amide bonds. The summed E-state index contributed by atoms with van der Waals surface area (Å²) in [5.41, 5.74) is 1.17. The van der Waals surface area contributed by atoms with E-state index < -0.39 is 12.0 Å². The van der Waals surface area contributed by atoms with E-state index in [1.54, 1.807) is 11.3 Å². The third kappa shape index (κ3) is 3.12. The van der Waals surface area contributed by atoms with Gasteiger partial charge in [-0.3, -0.25) is 4.79 Å². The number of rotatable bonds is 4. The highest BCUT2D eigenvalue weighted by Crippen LogP contribution is 2.28. The third-order valence-corrected chi connectivity index (χ3v) is 4.03. The molecule has 2 rings (SSSR count). The molecule has 0 aliphatic rings. The van der Waals surface area contributed by atoms with Gasteiger partial charge in [0.25, 0.3) is 0 Å². The van der Waals surface area contributed by atoms with E-state index >= 15 is 0 Å². The lowest BCUT2D eigenvalue weighted by molar-refractivity contribution is -0.141. The van der Waals surface area contributed by atoms with Gasteiger partial charge in [-0.2, -0.15) is 0 Å². The Morgan fingerprint density at radius 2 is 2.16 bits per heavy atom. The second-order valence-corrected chi connectivity index (χ2v) is 5.66. The van der Waals surface area contributed by atoms with E-state index in [4.69, 9.17) is 5.11 Å². The van der Waals surface area contributed by atoms with E-state index in [1.165, 1.54) is 12.5 Å². The monoisotopic (exact) mass is 277 g/mol. The fourth-order valence-electron chi connectivity index (χ4n) is 2.01. The Morgan fingerprint density at radius 3 is 2.74 bits per heavy atom. The Labute approximate surface area is 115 Å². The number of carboxylic acids is 1. The zero-order chi connectivity index (χ0) is 14.0. The van der Waals surface area contributed by atoms with Gasteiger partial charge in [-0.05, 0) is 30.0 Å². The first-order valence-electron chi connectivity index (χ1n) is 5.95. The number of benzene rings is 1. The van der Waals surface area contributed by atoms with Gasteiger partial charge in [0.1, 0.15) is 6.04 Å². The Morgan fingerprint density at radius 1 is 1.42 bits per heavy atom. The topological polar surface area (TPSA) is 66.4 Å². The maximum absolute atomic E-state index is 11.1. The molecule has 1 heterocycles. The van der Waals surface area contributed by atoms with Crippen molar-refractivity contribution < 1.29 is 14.7 Å². The van der Waals surface area contributed by atoms with Gasteiger partial charge in [0, 0.05) is 22.9 Å². The summed E-state index contributed by atoms with van der Waals surface area (Å²) >= 11 is 1.57. The molecule has 4 nitrogen and oxygen atoms in total. The van der Waals surface area contributed by atoms with Gasteiger partial charge in [0.05, 0.1) is 0 Å². The van der Waals surface area contributed by atoms with Crippen LogP contribution < -0.4 is 5.32 Å². The lowest BCUT2D eigenvalue weighted by Crippen LogP contribution is -2.40. The van der Waals surface area contributed by atoms with Crippen molar-refractivity contribution in [1.29, 1.82) is 0 Å². The number of thiophene rings is 1. The summed E-state index contributed by atoms with van der Waals surface area (Å²) < 4.78 is 1.14. The van der Waals surface area contributed by atoms with Gasteiger partial charge in [0.2, 0.25) is 5.91 Å². The van der Waals surface area contributed by atoms with Crippen molar-refractivity contribution in [3.8, 4) is 0 Å². The number of hydrogen-bond acceptors (Lipinski definition) is 3. The van der Waals surface area contributed by atoms with Gasteiger partial charge in [-0.15, -0.1) is 11.3 Å². The molecule has 0 spiro atoms. The Kier molecular flexibility index (Phi) is 3.85. The summed E-state index contributed by atoms with van der Waals surface area (Å²) in [5, 5.41) is 12.7. The zero-order valence-corrected chi connectivity index (χ0v) is 11.6. The van der Waals surface area contributed by atoms with Crippen LogP contribution in [0.1, 0.15) is 17.4 Å². The molecule has 0 unspecified atom stereocenters. The van der Waals surface area contributed by atoms with Crippen LogP contribution in [0.2, 0.25) is 0 Å². The molecular weight excluding hydrogens is 262 g/mol. The minimum absolute atomic E-state index is 0.313. The Bertz CT molecular complexity index is 633. The van der Waals surface area contributed by atoms with E-state index in [-0.39, 0.29) is 5.91 Å². The Balaban J connectivity index is 2.26. The second-order valence-electron chi connectivity index (χ2n) is 4.49. The molecule has 0 saturated heterocycles. The maximum Gasteiger partial charge on any atom is 0.326 e. The molecule has 0 radical (unpaired) electrons. The summed E-state index contributed by atoms with van der Waals surface area (Å²) in [4.78, 5) is 23.1. The van der Waals surface area contributed by atoms with Crippen molar-refractivity contribution >= 4 is 33.3 Å². The number of carbonyl (C=O) groups excluding carboxylic acids is 1. The molecule has 0 saturated carbocycles. The van der Waals surface area contributed by atoms with E-state index in [0.717, 1.165) is 15.0 Å². The average Bonchev–Trinajstić information content (AvgIpc) is 2.71. The summed E-state index contributed by atoms with van der Waals surface area (Å²) in [5.74, 6) is -1.34. The number of aliphatic carboxylic acids is 1.